The molecular weight excluding hydrogens is 447 g/mol. The number of anilines is 1. The minimum absolute atomic E-state index is 0.0583. The van der Waals surface area contributed by atoms with E-state index < -0.39 is 11.7 Å². The van der Waals surface area contributed by atoms with Gasteiger partial charge in [0.05, 0.1) is 28.7 Å². The van der Waals surface area contributed by atoms with E-state index in [1.807, 2.05) is 6.07 Å². The number of hydrogen-bond donors (Lipinski definition) is 2. The summed E-state index contributed by atoms with van der Waals surface area (Å²) in [5.41, 5.74) is -0.759. The number of imidazole rings is 1. The molecule has 0 atom stereocenters. The second-order valence-electron chi connectivity index (χ2n) is 7.00. The van der Waals surface area contributed by atoms with Gasteiger partial charge < -0.3 is 10.3 Å². The molecule has 1 saturated heterocycles. The summed E-state index contributed by atoms with van der Waals surface area (Å²) in [6.45, 7) is 3.32. The fraction of sp³-hybridized carbons (Fsp3) is 0.368. The largest absolute Gasteiger partial charge is 0.420 e. The number of H-pyrrole nitrogens is 1. The molecule has 1 fully saturated rings. The number of rotatable bonds is 5. The van der Waals surface area contributed by atoms with E-state index in [0.29, 0.717) is 15.3 Å². The summed E-state index contributed by atoms with van der Waals surface area (Å²) in [7, 11) is 0. The molecule has 0 unspecified atom stereocenters. The van der Waals surface area contributed by atoms with Gasteiger partial charge in [-0.25, -0.2) is 19.3 Å². The van der Waals surface area contributed by atoms with Crippen LogP contribution in [0.4, 0.5) is 19.1 Å². The third kappa shape index (κ3) is 5.00. The third-order valence-corrected chi connectivity index (χ3v) is 6.95. The van der Waals surface area contributed by atoms with E-state index in [-0.39, 0.29) is 17.7 Å². The number of nitrogens with zero attached hydrogens (tertiary/aromatic N) is 5. The lowest BCUT2D eigenvalue weighted by molar-refractivity contribution is -0.137. The monoisotopic (exact) mass is 465 g/mol. The van der Waals surface area contributed by atoms with Crippen LogP contribution in [0.25, 0.3) is 10.6 Å². The van der Waals surface area contributed by atoms with E-state index in [4.69, 9.17) is 5.26 Å². The highest BCUT2D eigenvalue weighted by Gasteiger charge is 2.36. The van der Waals surface area contributed by atoms with Crippen LogP contribution in [-0.4, -0.2) is 43.4 Å². The number of nitriles is 1. The molecule has 12 heteroatoms. The van der Waals surface area contributed by atoms with Crippen LogP contribution in [0.2, 0.25) is 0 Å². The maximum atomic E-state index is 13.5. The first kappa shape index (κ1) is 21.6. The number of halogens is 3. The number of piperidine rings is 1. The first-order valence-corrected chi connectivity index (χ1v) is 11.1. The molecule has 0 aliphatic carbocycles. The van der Waals surface area contributed by atoms with Crippen molar-refractivity contribution in [2.75, 3.05) is 18.4 Å². The van der Waals surface area contributed by atoms with Gasteiger partial charge in [0.2, 0.25) is 5.95 Å². The predicted octanol–water partition coefficient (Wildman–Crippen LogP) is 4.71. The molecule has 3 aromatic rings. The van der Waals surface area contributed by atoms with E-state index in [1.165, 1.54) is 6.07 Å². The smallest absolute Gasteiger partial charge is 0.351 e. The highest BCUT2D eigenvalue weighted by Crippen LogP contribution is 2.39. The number of nitrogens with one attached hydrogen (secondary N) is 2. The molecule has 3 aromatic heterocycles. The van der Waals surface area contributed by atoms with Crippen LogP contribution in [-0.2, 0) is 6.18 Å². The van der Waals surface area contributed by atoms with Gasteiger partial charge in [0.25, 0.3) is 0 Å². The van der Waals surface area contributed by atoms with Crippen LogP contribution in [0.5, 0.6) is 0 Å². The van der Waals surface area contributed by atoms with Gasteiger partial charge in [0.1, 0.15) is 16.7 Å². The Balaban J connectivity index is 1.50. The summed E-state index contributed by atoms with van der Waals surface area (Å²) in [5.74, 6) is 0.159. The zero-order chi connectivity index (χ0) is 22.0. The van der Waals surface area contributed by atoms with Gasteiger partial charge in [0, 0.05) is 30.2 Å². The zero-order valence-electron chi connectivity index (χ0n) is 16.4. The summed E-state index contributed by atoms with van der Waals surface area (Å²) in [6, 6.07) is 3.51. The highest BCUT2D eigenvalue weighted by molar-refractivity contribution is 7.97. The van der Waals surface area contributed by atoms with Crippen LogP contribution in [0.15, 0.2) is 29.8 Å². The molecule has 162 valence electrons. The molecule has 0 radical (unpaired) electrons. The van der Waals surface area contributed by atoms with Gasteiger partial charge in [0.15, 0.2) is 0 Å². The molecule has 2 N–H and O–H groups in total. The Morgan fingerprint density at radius 2 is 2.10 bits per heavy atom. The normalized spacial score (nSPS) is 15.7. The van der Waals surface area contributed by atoms with Crippen molar-refractivity contribution in [1.29, 1.82) is 5.26 Å². The van der Waals surface area contributed by atoms with Crippen molar-refractivity contribution in [3.8, 4) is 16.6 Å². The van der Waals surface area contributed by atoms with Crippen molar-refractivity contribution >= 4 is 29.2 Å². The van der Waals surface area contributed by atoms with Crippen LogP contribution in [0, 0.1) is 18.3 Å². The first-order valence-electron chi connectivity index (χ1n) is 9.46. The third-order valence-electron chi connectivity index (χ3n) is 4.85. The second kappa shape index (κ2) is 8.86. The van der Waals surface area contributed by atoms with E-state index in [2.05, 4.69) is 29.6 Å². The second-order valence-corrected chi connectivity index (χ2v) is 9.40. The van der Waals surface area contributed by atoms with Crippen LogP contribution >= 0.6 is 23.3 Å². The summed E-state index contributed by atoms with van der Waals surface area (Å²) in [6.07, 6.45) is 1.22. The average Bonchev–Trinajstić information content (AvgIpc) is 3.38. The van der Waals surface area contributed by atoms with Crippen molar-refractivity contribution in [3.05, 3.63) is 40.8 Å². The molecule has 0 amide bonds. The molecule has 31 heavy (non-hydrogen) atoms. The molecule has 1 aliphatic rings. The number of aromatic nitrogens is 4. The van der Waals surface area contributed by atoms with Crippen molar-refractivity contribution < 1.29 is 13.2 Å². The lowest BCUT2D eigenvalue weighted by Crippen LogP contribution is -2.36. The van der Waals surface area contributed by atoms with E-state index in [1.54, 1.807) is 31.4 Å². The van der Waals surface area contributed by atoms with Gasteiger partial charge in [-0.15, -0.1) is 11.3 Å². The van der Waals surface area contributed by atoms with E-state index in [9.17, 15) is 13.2 Å². The molecular formula is C19H18F3N7S2. The number of hydrogen-bond acceptors (Lipinski definition) is 8. The Morgan fingerprint density at radius 1 is 1.32 bits per heavy atom. The van der Waals surface area contributed by atoms with Crippen molar-refractivity contribution in [2.45, 2.75) is 37.0 Å². The fourth-order valence-electron chi connectivity index (χ4n) is 3.26. The number of alkyl halides is 3. The highest BCUT2D eigenvalue weighted by atomic mass is 32.2. The molecule has 0 aromatic carbocycles. The Hall–Kier alpha value is -2.62. The number of aromatic amines is 1. The molecule has 0 bridgehead atoms. The minimum Gasteiger partial charge on any atom is -0.351 e. The lowest BCUT2D eigenvalue weighted by atomic mass is 10.1. The summed E-state index contributed by atoms with van der Waals surface area (Å²) >= 11 is 2.72. The Morgan fingerprint density at radius 3 is 2.71 bits per heavy atom. The Kier molecular flexibility index (Phi) is 6.17. The number of aryl methyl sites for hydroxylation is 1. The molecule has 7 nitrogen and oxygen atoms in total. The average molecular weight is 466 g/mol. The zero-order valence-corrected chi connectivity index (χ0v) is 18.0. The maximum Gasteiger partial charge on any atom is 0.420 e. The summed E-state index contributed by atoms with van der Waals surface area (Å²) in [5, 5.41) is 13.3. The summed E-state index contributed by atoms with van der Waals surface area (Å²) in [4.78, 5) is 16.1. The van der Waals surface area contributed by atoms with Gasteiger partial charge >= 0.3 is 6.18 Å². The topological polar surface area (TPSA) is 93.5 Å². The van der Waals surface area contributed by atoms with Gasteiger partial charge in [-0.3, -0.25) is 0 Å². The molecule has 4 rings (SSSR count). The first-order chi connectivity index (χ1) is 14.8. The van der Waals surface area contributed by atoms with E-state index in [0.717, 1.165) is 48.5 Å². The van der Waals surface area contributed by atoms with Crippen LogP contribution < -0.4 is 5.32 Å². The molecule has 4 heterocycles. The van der Waals surface area contributed by atoms with Gasteiger partial charge in [-0.05, 0) is 37.8 Å². The van der Waals surface area contributed by atoms with E-state index >= 15 is 0 Å². The standard InChI is InChI=1S/C19H18F3N7S2/c1-11-12(7-23)6-15(30-11)17-14(19(20,21)22)8-25-18(28-17)27-13-2-4-29(5-3-13)31-16-9-24-10-26-16/h6,8-10,13H,2-5H2,1H3,(H,24,26)(H,25,27,28). The van der Waals surface area contributed by atoms with Gasteiger partial charge in [-0.1, -0.05) is 0 Å². The number of thiophene rings is 1. The van der Waals surface area contributed by atoms with Crippen LogP contribution in [0.1, 0.15) is 28.8 Å². The molecule has 0 saturated carbocycles. The van der Waals surface area contributed by atoms with Crippen molar-refractivity contribution in [1.82, 2.24) is 24.2 Å². The SMILES string of the molecule is Cc1sc(-c2nc(NC3CCN(Sc4cnc[nH]4)CC3)ncc2C(F)(F)F)cc1C#N. The summed E-state index contributed by atoms with van der Waals surface area (Å²) < 4.78 is 42.8. The maximum absolute atomic E-state index is 13.5. The predicted molar refractivity (Wildman–Crippen MR) is 112 cm³/mol. The quantitative estimate of drug-likeness (QED) is 0.527. The molecule has 0 spiro atoms. The van der Waals surface area contributed by atoms with Crippen LogP contribution in [0.3, 0.4) is 0 Å². The van der Waals surface area contributed by atoms with Gasteiger partial charge in [-0.2, -0.15) is 18.4 Å². The van der Waals surface area contributed by atoms with Crippen molar-refractivity contribution in [3.63, 3.8) is 0 Å². The minimum atomic E-state index is -4.59. The lowest BCUT2D eigenvalue weighted by Gasteiger charge is -2.31. The Labute approximate surface area is 184 Å². The van der Waals surface area contributed by atoms with Crippen molar-refractivity contribution in [2.24, 2.45) is 0 Å². The fourth-order valence-corrected chi connectivity index (χ4v) is 5.12. The Bertz CT molecular complexity index is 1080. The molecule has 1 aliphatic heterocycles.